The second-order valence-corrected chi connectivity index (χ2v) is 8.14. The summed E-state index contributed by atoms with van der Waals surface area (Å²) in [5.74, 6) is -1.05. The molecule has 7 nitrogen and oxygen atoms in total. The van der Waals surface area contributed by atoms with Crippen LogP contribution in [-0.4, -0.2) is 37.3 Å². The third kappa shape index (κ3) is 3.73. The van der Waals surface area contributed by atoms with Crippen LogP contribution in [0.1, 0.15) is 27.0 Å². The summed E-state index contributed by atoms with van der Waals surface area (Å²) in [6.07, 6.45) is 0. The van der Waals surface area contributed by atoms with E-state index < -0.39 is 5.97 Å². The van der Waals surface area contributed by atoms with Crippen molar-refractivity contribution in [3.63, 3.8) is 0 Å². The van der Waals surface area contributed by atoms with E-state index >= 15 is 0 Å². The Balaban J connectivity index is 1.58. The van der Waals surface area contributed by atoms with Gasteiger partial charge in [0, 0.05) is 11.1 Å². The fraction of sp³-hybridized carbons (Fsp3) is 0.182. The highest BCUT2D eigenvalue weighted by molar-refractivity contribution is 7.99. The molecule has 8 heteroatoms. The van der Waals surface area contributed by atoms with Crippen LogP contribution < -0.4 is 5.32 Å². The molecule has 0 aliphatic carbocycles. The van der Waals surface area contributed by atoms with E-state index in [0.717, 1.165) is 27.7 Å². The third-order valence-corrected chi connectivity index (χ3v) is 5.77. The number of nitrogens with zero attached hydrogens (tertiary/aromatic N) is 3. The smallest absolute Gasteiger partial charge is 0.335 e. The molecule has 0 radical (unpaired) electrons. The van der Waals surface area contributed by atoms with Gasteiger partial charge in [-0.15, -0.1) is 10.2 Å². The van der Waals surface area contributed by atoms with Gasteiger partial charge in [-0.1, -0.05) is 23.4 Å². The lowest BCUT2D eigenvalue weighted by Crippen LogP contribution is -2.14. The molecule has 2 aromatic heterocycles. The molecule has 0 aliphatic rings. The zero-order valence-corrected chi connectivity index (χ0v) is 17.6. The molecule has 152 valence electrons. The lowest BCUT2D eigenvalue weighted by Gasteiger charge is -2.11. The van der Waals surface area contributed by atoms with E-state index in [4.69, 9.17) is 5.11 Å². The summed E-state index contributed by atoms with van der Waals surface area (Å²) >= 11 is 1.31. The number of benzene rings is 2. The normalized spacial score (nSPS) is 11.2. The minimum absolute atomic E-state index is 0.155. The van der Waals surface area contributed by atoms with Gasteiger partial charge < -0.3 is 10.4 Å². The van der Waals surface area contributed by atoms with Crippen molar-refractivity contribution in [1.29, 1.82) is 0 Å². The van der Waals surface area contributed by atoms with Crippen LogP contribution in [0.5, 0.6) is 0 Å². The number of aromatic carboxylic acids is 1. The largest absolute Gasteiger partial charge is 0.478 e. The minimum atomic E-state index is -1.00. The zero-order valence-electron chi connectivity index (χ0n) is 16.8. The molecule has 0 fully saturated rings. The predicted octanol–water partition coefficient (Wildman–Crippen LogP) is 4.24. The van der Waals surface area contributed by atoms with Crippen molar-refractivity contribution < 1.29 is 14.7 Å². The van der Waals surface area contributed by atoms with E-state index in [2.05, 4.69) is 48.4 Å². The number of amides is 1. The van der Waals surface area contributed by atoms with Crippen molar-refractivity contribution in [2.75, 3.05) is 11.1 Å². The molecule has 30 heavy (non-hydrogen) atoms. The summed E-state index contributed by atoms with van der Waals surface area (Å²) < 4.78 is 2.00. The van der Waals surface area contributed by atoms with E-state index in [1.54, 1.807) is 12.1 Å². The van der Waals surface area contributed by atoms with Gasteiger partial charge in [0.25, 0.3) is 0 Å². The highest BCUT2D eigenvalue weighted by Crippen LogP contribution is 2.29. The summed E-state index contributed by atoms with van der Waals surface area (Å²) in [5, 5.41) is 22.1. The Bertz CT molecular complexity index is 1300. The lowest BCUT2D eigenvalue weighted by molar-refractivity contribution is -0.113. The number of rotatable bonds is 5. The van der Waals surface area contributed by atoms with Crippen LogP contribution in [-0.2, 0) is 4.79 Å². The number of aromatic nitrogens is 3. The van der Waals surface area contributed by atoms with E-state index in [0.29, 0.717) is 10.8 Å². The topological polar surface area (TPSA) is 96.6 Å². The van der Waals surface area contributed by atoms with Gasteiger partial charge in [-0.05, 0) is 68.3 Å². The van der Waals surface area contributed by atoms with Crippen LogP contribution in [0.25, 0.3) is 16.6 Å². The minimum Gasteiger partial charge on any atom is -0.478 e. The number of nitrogens with one attached hydrogen (secondary N) is 1. The lowest BCUT2D eigenvalue weighted by atomic mass is 10.0. The third-order valence-electron chi connectivity index (χ3n) is 4.85. The Hall–Kier alpha value is -3.39. The number of anilines is 1. The average molecular weight is 420 g/mol. The molecule has 4 rings (SSSR count). The number of aryl methyl sites for hydroxylation is 3. The van der Waals surface area contributed by atoms with E-state index in [9.17, 15) is 9.59 Å². The molecule has 4 aromatic rings. The van der Waals surface area contributed by atoms with Gasteiger partial charge in [-0.2, -0.15) is 0 Å². The van der Waals surface area contributed by atoms with Gasteiger partial charge in [-0.25, -0.2) is 4.79 Å². The Labute approximate surface area is 177 Å². The molecule has 2 N–H and O–H groups in total. The van der Waals surface area contributed by atoms with Gasteiger partial charge in [0.2, 0.25) is 5.91 Å². The fourth-order valence-corrected chi connectivity index (χ4v) is 4.28. The molecule has 0 atom stereocenters. The van der Waals surface area contributed by atoms with Gasteiger partial charge in [0.05, 0.1) is 16.8 Å². The van der Waals surface area contributed by atoms with Crippen molar-refractivity contribution >= 4 is 45.9 Å². The number of carboxylic acid groups (broad SMARTS) is 1. The monoisotopic (exact) mass is 420 g/mol. The summed E-state index contributed by atoms with van der Waals surface area (Å²) in [5.41, 5.74) is 5.97. The van der Waals surface area contributed by atoms with Crippen molar-refractivity contribution in [1.82, 2.24) is 14.6 Å². The van der Waals surface area contributed by atoms with E-state index in [-0.39, 0.29) is 17.2 Å². The van der Waals surface area contributed by atoms with E-state index in [1.807, 2.05) is 10.5 Å². The maximum Gasteiger partial charge on any atom is 0.335 e. The van der Waals surface area contributed by atoms with Crippen LogP contribution in [0.2, 0.25) is 0 Å². The molecule has 0 bridgehead atoms. The van der Waals surface area contributed by atoms with Gasteiger partial charge in [0.1, 0.15) is 0 Å². The van der Waals surface area contributed by atoms with Crippen LogP contribution in [0.15, 0.2) is 47.6 Å². The Morgan fingerprint density at radius 2 is 1.77 bits per heavy atom. The molecule has 0 saturated carbocycles. The van der Waals surface area contributed by atoms with Crippen molar-refractivity contribution in [2.24, 2.45) is 0 Å². The number of carboxylic acids is 1. The molecule has 0 unspecified atom stereocenters. The highest BCUT2D eigenvalue weighted by atomic mass is 32.2. The maximum atomic E-state index is 12.4. The molecule has 0 aliphatic heterocycles. The first-order chi connectivity index (χ1) is 14.3. The number of thioether (sulfide) groups is 1. The maximum absolute atomic E-state index is 12.4. The first-order valence-electron chi connectivity index (χ1n) is 9.35. The number of fused-ring (bicyclic) bond motifs is 3. The van der Waals surface area contributed by atoms with Gasteiger partial charge >= 0.3 is 5.97 Å². The Morgan fingerprint density at radius 1 is 1.03 bits per heavy atom. The van der Waals surface area contributed by atoms with Gasteiger partial charge in [0.15, 0.2) is 10.8 Å². The first-order valence-corrected chi connectivity index (χ1v) is 10.3. The predicted molar refractivity (Wildman–Crippen MR) is 117 cm³/mol. The zero-order chi connectivity index (χ0) is 21.4. The average Bonchev–Trinajstić information content (AvgIpc) is 3.09. The van der Waals surface area contributed by atoms with Crippen LogP contribution in [0.3, 0.4) is 0 Å². The number of pyridine rings is 1. The summed E-state index contributed by atoms with van der Waals surface area (Å²) in [6, 6.07) is 12.3. The second-order valence-electron chi connectivity index (χ2n) is 7.20. The number of carbonyl (C=O) groups excluding carboxylic acids is 1. The summed E-state index contributed by atoms with van der Waals surface area (Å²) in [6.45, 7) is 6.20. The first kappa shape index (κ1) is 19.9. The number of hydrogen-bond acceptors (Lipinski definition) is 5. The van der Waals surface area contributed by atoms with Crippen LogP contribution >= 0.6 is 11.8 Å². The molecule has 0 spiro atoms. The summed E-state index contributed by atoms with van der Waals surface area (Å²) in [4.78, 5) is 23.3. The Kier molecular flexibility index (Phi) is 5.17. The van der Waals surface area contributed by atoms with Crippen molar-refractivity contribution in [2.45, 2.75) is 25.9 Å². The second kappa shape index (κ2) is 7.79. The molecular formula is C22H20N4O3S. The number of hydrogen-bond donors (Lipinski definition) is 2. The molecule has 0 saturated heterocycles. The SMILES string of the molecule is Cc1cc(C)c2c(c1)c(C)cc1nnc(SCC(=O)Nc3ccc(C(=O)O)cc3)n12. The number of carbonyl (C=O) groups is 2. The van der Waals surface area contributed by atoms with Crippen molar-refractivity contribution in [3.8, 4) is 0 Å². The molecule has 1 amide bonds. The van der Waals surface area contributed by atoms with Gasteiger partial charge in [-0.3, -0.25) is 9.20 Å². The van der Waals surface area contributed by atoms with Crippen molar-refractivity contribution in [3.05, 3.63) is 64.7 Å². The Morgan fingerprint density at radius 3 is 2.47 bits per heavy atom. The van der Waals surface area contributed by atoms with Crippen LogP contribution in [0.4, 0.5) is 5.69 Å². The standard InChI is InChI=1S/C22H20N4O3S/c1-12-8-14(3)20-17(9-12)13(2)10-18-24-25-22(26(18)20)30-11-19(27)23-16-6-4-15(5-7-16)21(28)29/h4-10H,11H2,1-3H3,(H,23,27)(H,28,29). The molecule has 2 aromatic carbocycles. The highest BCUT2D eigenvalue weighted by Gasteiger charge is 2.15. The summed E-state index contributed by atoms with van der Waals surface area (Å²) in [7, 11) is 0. The molecule has 2 heterocycles. The fourth-order valence-electron chi connectivity index (χ4n) is 3.53. The quantitative estimate of drug-likeness (QED) is 0.469. The van der Waals surface area contributed by atoms with Crippen LogP contribution in [0, 0.1) is 20.8 Å². The van der Waals surface area contributed by atoms with E-state index in [1.165, 1.54) is 29.5 Å². The molecular weight excluding hydrogens is 400 g/mol.